The molecular weight excluding hydrogens is 287 g/mol. The molecule has 0 aromatic heterocycles. The molecule has 7 heteroatoms. The maximum absolute atomic E-state index is 12.7. The smallest absolute Gasteiger partial charge is 0.378 e. The highest BCUT2D eigenvalue weighted by Gasteiger charge is 2.54. The quantitative estimate of drug-likeness (QED) is 0.885. The number of halogens is 3. The van der Waals surface area contributed by atoms with Crippen molar-refractivity contribution >= 4 is 0 Å². The number of benzene rings is 1. The summed E-state index contributed by atoms with van der Waals surface area (Å²) < 4.78 is 48.7. The minimum Gasteiger partial charge on any atom is -0.378 e. The van der Waals surface area contributed by atoms with Crippen LogP contribution in [-0.2, 0) is 16.1 Å². The van der Waals surface area contributed by atoms with E-state index in [2.05, 4.69) is 5.32 Å². The monoisotopic (exact) mass is 305 g/mol. The second-order valence-corrected chi connectivity index (χ2v) is 5.09. The third kappa shape index (κ3) is 4.41. The summed E-state index contributed by atoms with van der Waals surface area (Å²) in [4.78, 5) is 0. The molecule has 118 valence electrons. The lowest BCUT2D eigenvalue weighted by molar-refractivity contribution is -0.271. The summed E-state index contributed by atoms with van der Waals surface area (Å²) in [6.45, 7) is -0.637. The van der Waals surface area contributed by atoms with Gasteiger partial charge < -0.3 is 19.9 Å². The Kier molecular flexibility index (Phi) is 5.21. The number of ether oxygens (including phenoxy) is 2. The summed E-state index contributed by atoms with van der Waals surface area (Å²) in [7, 11) is 0. The number of hydrogen-bond acceptors (Lipinski definition) is 4. The second-order valence-electron chi connectivity index (χ2n) is 5.09. The van der Waals surface area contributed by atoms with Crippen LogP contribution in [0.4, 0.5) is 13.2 Å². The summed E-state index contributed by atoms with van der Waals surface area (Å²) in [6, 6.07) is 9.45. The van der Waals surface area contributed by atoms with Gasteiger partial charge in [0.15, 0.2) is 5.60 Å². The molecule has 1 aromatic carbocycles. The molecule has 1 aliphatic rings. The van der Waals surface area contributed by atoms with E-state index in [0.29, 0.717) is 6.61 Å². The molecule has 1 aliphatic heterocycles. The lowest BCUT2D eigenvalue weighted by Gasteiger charge is -2.28. The summed E-state index contributed by atoms with van der Waals surface area (Å²) in [5, 5.41) is 12.1. The van der Waals surface area contributed by atoms with Gasteiger partial charge in [-0.05, 0) is 5.56 Å². The van der Waals surface area contributed by atoms with Gasteiger partial charge in [-0.25, -0.2) is 0 Å². The first-order valence-electron chi connectivity index (χ1n) is 6.64. The molecule has 4 nitrogen and oxygen atoms in total. The van der Waals surface area contributed by atoms with Crippen LogP contribution in [0.3, 0.4) is 0 Å². The van der Waals surface area contributed by atoms with Gasteiger partial charge in [0.2, 0.25) is 0 Å². The molecule has 0 spiro atoms. The van der Waals surface area contributed by atoms with Crippen molar-refractivity contribution < 1.29 is 27.8 Å². The van der Waals surface area contributed by atoms with Crippen LogP contribution in [-0.4, -0.2) is 49.3 Å². The molecule has 2 N–H and O–H groups in total. The van der Waals surface area contributed by atoms with E-state index >= 15 is 0 Å². The zero-order valence-electron chi connectivity index (χ0n) is 11.4. The van der Waals surface area contributed by atoms with E-state index < -0.39 is 31.0 Å². The Hall–Kier alpha value is -1.15. The van der Waals surface area contributed by atoms with Crippen molar-refractivity contribution in [2.45, 2.75) is 24.5 Å². The van der Waals surface area contributed by atoms with Crippen molar-refractivity contribution in [3.05, 3.63) is 35.9 Å². The highest BCUT2D eigenvalue weighted by atomic mass is 19.4. The molecule has 1 saturated heterocycles. The number of hydrogen-bond donors (Lipinski definition) is 2. The van der Waals surface area contributed by atoms with Gasteiger partial charge in [-0.2, -0.15) is 13.2 Å². The molecule has 21 heavy (non-hydrogen) atoms. The highest BCUT2D eigenvalue weighted by Crippen LogP contribution is 2.31. The SMILES string of the molecule is OC1(C(F)(F)F)CNC[C@@H](COCc2ccccc2)OC1. The molecule has 0 saturated carbocycles. The van der Waals surface area contributed by atoms with Gasteiger partial charge in [0.1, 0.15) is 0 Å². The molecule has 0 bridgehead atoms. The van der Waals surface area contributed by atoms with Crippen molar-refractivity contribution in [3.8, 4) is 0 Å². The number of nitrogens with one attached hydrogen (secondary N) is 1. The first-order chi connectivity index (χ1) is 9.91. The highest BCUT2D eigenvalue weighted by molar-refractivity contribution is 5.13. The van der Waals surface area contributed by atoms with E-state index in [4.69, 9.17) is 9.47 Å². The van der Waals surface area contributed by atoms with Crippen LogP contribution in [0.15, 0.2) is 30.3 Å². The average Bonchev–Trinajstić information content (AvgIpc) is 2.63. The Morgan fingerprint density at radius 2 is 2.05 bits per heavy atom. The lowest BCUT2D eigenvalue weighted by atomic mass is 10.1. The average molecular weight is 305 g/mol. The summed E-state index contributed by atoms with van der Waals surface area (Å²) in [5.41, 5.74) is -1.87. The number of alkyl halides is 3. The fraction of sp³-hybridized carbons (Fsp3) is 0.571. The van der Waals surface area contributed by atoms with Crippen molar-refractivity contribution in [1.82, 2.24) is 5.32 Å². The van der Waals surface area contributed by atoms with Crippen LogP contribution in [0.1, 0.15) is 5.56 Å². The molecular formula is C14H18F3NO3. The van der Waals surface area contributed by atoms with Gasteiger partial charge in [-0.3, -0.25) is 0 Å². The molecule has 1 fully saturated rings. The molecule has 1 aromatic rings. The molecule has 2 atom stereocenters. The lowest BCUT2D eigenvalue weighted by Crippen LogP contribution is -2.54. The van der Waals surface area contributed by atoms with Crippen LogP contribution in [0.5, 0.6) is 0 Å². The van der Waals surface area contributed by atoms with Crippen molar-refractivity contribution in [1.29, 1.82) is 0 Å². The topological polar surface area (TPSA) is 50.7 Å². The Balaban J connectivity index is 1.79. The molecule has 0 aliphatic carbocycles. The van der Waals surface area contributed by atoms with Gasteiger partial charge >= 0.3 is 6.18 Å². The van der Waals surface area contributed by atoms with E-state index in [1.165, 1.54) is 0 Å². The van der Waals surface area contributed by atoms with Crippen LogP contribution in [0, 0.1) is 0 Å². The fourth-order valence-corrected chi connectivity index (χ4v) is 1.98. The van der Waals surface area contributed by atoms with Gasteiger partial charge in [-0.15, -0.1) is 0 Å². The third-order valence-corrected chi connectivity index (χ3v) is 3.29. The van der Waals surface area contributed by atoms with Crippen molar-refractivity contribution in [2.24, 2.45) is 0 Å². The zero-order chi connectivity index (χ0) is 15.3. The first-order valence-corrected chi connectivity index (χ1v) is 6.64. The standard InChI is InChI=1S/C14H18F3NO3/c15-14(16,17)13(19)9-18-6-12(21-10-13)8-20-7-11-4-2-1-3-5-11/h1-5,12,18-19H,6-10H2/t12-,13?/m0/s1. The predicted octanol–water partition coefficient (Wildman–Crippen LogP) is 1.48. The predicted molar refractivity (Wildman–Crippen MR) is 69.7 cm³/mol. The molecule has 0 radical (unpaired) electrons. The molecule has 2 rings (SSSR count). The maximum Gasteiger partial charge on any atom is 0.420 e. The minimum atomic E-state index is -4.72. The Labute approximate surface area is 120 Å². The summed E-state index contributed by atoms with van der Waals surface area (Å²) in [5.74, 6) is 0. The van der Waals surface area contributed by atoms with Gasteiger partial charge in [0.05, 0.1) is 25.9 Å². The van der Waals surface area contributed by atoms with E-state index in [0.717, 1.165) is 5.56 Å². The molecule has 1 unspecified atom stereocenters. The Morgan fingerprint density at radius 1 is 1.33 bits per heavy atom. The van der Waals surface area contributed by atoms with Gasteiger partial charge in [0.25, 0.3) is 0 Å². The zero-order valence-corrected chi connectivity index (χ0v) is 11.4. The van der Waals surface area contributed by atoms with Crippen LogP contribution in [0.2, 0.25) is 0 Å². The van der Waals surface area contributed by atoms with Crippen LogP contribution >= 0.6 is 0 Å². The minimum absolute atomic E-state index is 0.163. The van der Waals surface area contributed by atoms with E-state index in [1.54, 1.807) is 0 Å². The largest absolute Gasteiger partial charge is 0.420 e. The van der Waals surface area contributed by atoms with Crippen molar-refractivity contribution in [2.75, 3.05) is 26.3 Å². The fourth-order valence-electron chi connectivity index (χ4n) is 1.98. The summed E-state index contributed by atoms with van der Waals surface area (Å²) in [6.07, 6.45) is -5.25. The summed E-state index contributed by atoms with van der Waals surface area (Å²) >= 11 is 0. The number of β-amino-alcohol motifs (C(OH)–C–C–N with tert-alkyl or cyclic N) is 1. The normalized spacial score (nSPS) is 27.3. The van der Waals surface area contributed by atoms with Crippen molar-refractivity contribution in [3.63, 3.8) is 0 Å². The molecule has 0 amide bonds. The van der Waals surface area contributed by atoms with E-state index in [1.807, 2.05) is 30.3 Å². The van der Waals surface area contributed by atoms with Crippen LogP contribution in [0.25, 0.3) is 0 Å². The van der Waals surface area contributed by atoms with E-state index in [-0.39, 0.29) is 13.2 Å². The van der Waals surface area contributed by atoms with E-state index in [9.17, 15) is 18.3 Å². The van der Waals surface area contributed by atoms with Gasteiger partial charge in [-0.1, -0.05) is 30.3 Å². The maximum atomic E-state index is 12.7. The van der Waals surface area contributed by atoms with Crippen LogP contribution < -0.4 is 5.32 Å². The third-order valence-electron chi connectivity index (χ3n) is 3.29. The Bertz CT molecular complexity index is 441. The second kappa shape index (κ2) is 6.74. The molecule has 1 heterocycles. The Morgan fingerprint density at radius 3 is 2.71 bits per heavy atom. The number of rotatable bonds is 4. The number of aliphatic hydroxyl groups is 1. The van der Waals surface area contributed by atoms with Gasteiger partial charge in [0, 0.05) is 13.1 Å². The first kappa shape index (κ1) is 16.2.